The largest absolute Gasteiger partial charge is 0.465 e. The summed E-state index contributed by atoms with van der Waals surface area (Å²) in [5.74, 6) is -3.20. The Balaban J connectivity index is 2.37. The summed E-state index contributed by atoms with van der Waals surface area (Å²) < 4.78 is 16.5. The third-order valence-electron chi connectivity index (χ3n) is 4.49. The minimum Gasteiger partial charge on any atom is -0.465 e. The summed E-state index contributed by atoms with van der Waals surface area (Å²) in [4.78, 5) is 48.8. The number of hydrogen-bond donors (Lipinski definition) is 0. The van der Waals surface area contributed by atoms with Crippen LogP contribution in [-0.2, 0) is 41.6 Å². The highest BCUT2D eigenvalue weighted by molar-refractivity contribution is 6.18. The van der Waals surface area contributed by atoms with E-state index in [1.165, 1.54) is 29.2 Å². The number of aromatic nitrogens is 2. The van der Waals surface area contributed by atoms with Gasteiger partial charge >= 0.3 is 17.9 Å². The SMILES string of the molecule is CCOC(=O)C(Cc1cnn(Cc2cccc([N+](=O)[O-])c2)c1)(C(=O)OCC)C(=O)OCC. The Morgan fingerprint density at radius 1 is 1.00 bits per heavy atom. The van der Waals surface area contributed by atoms with Gasteiger partial charge < -0.3 is 14.2 Å². The fourth-order valence-electron chi connectivity index (χ4n) is 3.08. The predicted octanol–water partition coefficient (Wildman–Crippen LogP) is 2.06. The van der Waals surface area contributed by atoms with E-state index in [4.69, 9.17) is 14.2 Å². The van der Waals surface area contributed by atoms with Gasteiger partial charge in [-0.05, 0) is 31.9 Å². The molecule has 0 aliphatic rings. The summed E-state index contributed by atoms with van der Waals surface area (Å²) in [6.07, 6.45) is 2.55. The molecule has 0 fully saturated rings. The molecule has 0 saturated heterocycles. The lowest BCUT2D eigenvalue weighted by molar-refractivity contribution is -0.384. The number of rotatable bonds is 11. The molecule has 0 bridgehead atoms. The molecular weight excluding hydrogens is 422 g/mol. The summed E-state index contributed by atoms with van der Waals surface area (Å²) in [5.41, 5.74) is -1.38. The van der Waals surface area contributed by atoms with Crippen LogP contribution in [0.15, 0.2) is 36.7 Å². The maximum absolute atomic E-state index is 12.8. The van der Waals surface area contributed by atoms with Crippen LogP contribution in [0.4, 0.5) is 5.69 Å². The summed E-state index contributed by atoms with van der Waals surface area (Å²) in [6.45, 7) is 4.71. The number of ether oxygens (including phenoxy) is 3. The second-order valence-electron chi connectivity index (χ2n) is 6.72. The molecule has 0 amide bonds. The van der Waals surface area contributed by atoms with Crippen LogP contribution >= 0.6 is 0 Å². The molecule has 1 aromatic heterocycles. The molecule has 0 unspecified atom stereocenters. The highest BCUT2D eigenvalue weighted by Crippen LogP contribution is 2.29. The molecule has 2 aromatic rings. The van der Waals surface area contributed by atoms with Gasteiger partial charge in [0.05, 0.1) is 37.5 Å². The van der Waals surface area contributed by atoms with Crippen molar-refractivity contribution in [3.63, 3.8) is 0 Å². The number of non-ortho nitro benzene ring substituents is 1. The molecule has 0 aliphatic heterocycles. The van der Waals surface area contributed by atoms with E-state index in [0.29, 0.717) is 11.1 Å². The van der Waals surface area contributed by atoms with Crippen LogP contribution < -0.4 is 0 Å². The van der Waals surface area contributed by atoms with Gasteiger partial charge in [-0.25, -0.2) is 0 Å². The second-order valence-corrected chi connectivity index (χ2v) is 6.72. The Morgan fingerprint density at radius 2 is 1.56 bits per heavy atom. The van der Waals surface area contributed by atoms with Crippen LogP contribution in [0.2, 0.25) is 0 Å². The van der Waals surface area contributed by atoms with Crippen molar-refractivity contribution in [2.75, 3.05) is 19.8 Å². The first kappa shape index (κ1) is 24.5. The number of nitrogens with zero attached hydrogens (tertiary/aromatic N) is 3. The van der Waals surface area contributed by atoms with Crippen LogP contribution in [0.1, 0.15) is 31.9 Å². The lowest BCUT2D eigenvalue weighted by Crippen LogP contribution is -2.51. The Hall–Kier alpha value is -3.76. The van der Waals surface area contributed by atoms with Crippen LogP contribution in [0.3, 0.4) is 0 Å². The van der Waals surface area contributed by atoms with Gasteiger partial charge in [-0.15, -0.1) is 0 Å². The Labute approximate surface area is 184 Å². The first-order chi connectivity index (χ1) is 15.3. The third-order valence-corrected chi connectivity index (χ3v) is 4.49. The average molecular weight is 447 g/mol. The molecule has 0 N–H and O–H groups in total. The van der Waals surface area contributed by atoms with Gasteiger partial charge in [-0.1, -0.05) is 12.1 Å². The van der Waals surface area contributed by atoms with Gasteiger partial charge in [-0.3, -0.25) is 29.2 Å². The molecule has 11 heteroatoms. The smallest absolute Gasteiger partial charge is 0.335 e. The standard InChI is InChI=1S/C21H25N3O8/c1-4-30-18(25)21(19(26)31-5-2,20(27)32-6-3)11-16-12-22-23(14-16)13-15-8-7-9-17(10-15)24(28)29/h7-10,12,14H,4-6,11,13H2,1-3H3. The van der Waals surface area contributed by atoms with Crippen molar-refractivity contribution in [1.29, 1.82) is 0 Å². The summed E-state index contributed by atoms with van der Waals surface area (Å²) >= 11 is 0. The topological polar surface area (TPSA) is 140 Å². The van der Waals surface area contributed by atoms with E-state index in [1.54, 1.807) is 32.9 Å². The minimum absolute atomic E-state index is 0.0502. The van der Waals surface area contributed by atoms with Crippen LogP contribution in [0, 0.1) is 15.5 Å². The monoisotopic (exact) mass is 447 g/mol. The third kappa shape index (κ3) is 5.48. The van der Waals surface area contributed by atoms with Gasteiger partial charge in [0.2, 0.25) is 0 Å². The zero-order valence-corrected chi connectivity index (χ0v) is 18.1. The minimum atomic E-state index is -2.33. The lowest BCUT2D eigenvalue weighted by Gasteiger charge is -2.26. The number of carbonyl (C=O) groups excluding carboxylic acids is 3. The molecule has 1 aromatic carbocycles. The quantitative estimate of drug-likeness (QED) is 0.166. The molecule has 0 radical (unpaired) electrons. The Morgan fingerprint density at radius 3 is 2.06 bits per heavy atom. The second kappa shape index (κ2) is 11.0. The zero-order valence-electron chi connectivity index (χ0n) is 18.1. The number of nitro benzene ring substituents is 1. The van der Waals surface area contributed by atoms with Gasteiger partial charge in [0.1, 0.15) is 0 Å². The van der Waals surface area contributed by atoms with E-state index in [9.17, 15) is 24.5 Å². The molecule has 172 valence electrons. The zero-order chi connectivity index (χ0) is 23.7. The van der Waals surface area contributed by atoms with E-state index >= 15 is 0 Å². The highest BCUT2D eigenvalue weighted by Gasteiger charge is 2.57. The average Bonchev–Trinajstić information content (AvgIpc) is 3.19. The van der Waals surface area contributed by atoms with E-state index in [1.807, 2.05) is 0 Å². The van der Waals surface area contributed by atoms with Crippen molar-refractivity contribution in [2.45, 2.75) is 33.7 Å². The maximum atomic E-state index is 12.8. The Kier molecular flexibility index (Phi) is 8.45. The van der Waals surface area contributed by atoms with Gasteiger partial charge in [0.15, 0.2) is 0 Å². The number of nitro groups is 1. The first-order valence-corrected chi connectivity index (χ1v) is 10.0. The Bertz CT molecular complexity index is 939. The van der Waals surface area contributed by atoms with Crippen LogP contribution in [0.25, 0.3) is 0 Å². The normalized spacial score (nSPS) is 11.0. The van der Waals surface area contributed by atoms with E-state index < -0.39 is 28.2 Å². The van der Waals surface area contributed by atoms with E-state index in [2.05, 4.69) is 5.10 Å². The fourth-order valence-corrected chi connectivity index (χ4v) is 3.08. The number of hydrogen-bond acceptors (Lipinski definition) is 9. The van der Waals surface area contributed by atoms with Crippen molar-refractivity contribution < 1.29 is 33.5 Å². The molecular formula is C21H25N3O8. The maximum Gasteiger partial charge on any atom is 0.335 e. The van der Waals surface area contributed by atoms with Crippen molar-refractivity contribution in [1.82, 2.24) is 9.78 Å². The van der Waals surface area contributed by atoms with Crippen molar-refractivity contribution >= 4 is 23.6 Å². The van der Waals surface area contributed by atoms with Crippen LogP contribution in [0.5, 0.6) is 0 Å². The molecule has 11 nitrogen and oxygen atoms in total. The first-order valence-electron chi connectivity index (χ1n) is 10.0. The predicted molar refractivity (Wildman–Crippen MR) is 110 cm³/mol. The molecule has 32 heavy (non-hydrogen) atoms. The molecule has 0 spiro atoms. The fraction of sp³-hybridized carbons (Fsp3) is 0.429. The van der Waals surface area contributed by atoms with Crippen molar-refractivity contribution in [2.24, 2.45) is 5.41 Å². The number of benzene rings is 1. The van der Waals surface area contributed by atoms with Gasteiger partial charge in [0.25, 0.3) is 11.1 Å². The number of esters is 3. The summed E-state index contributed by atoms with van der Waals surface area (Å²) in [7, 11) is 0. The van der Waals surface area contributed by atoms with E-state index in [0.717, 1.165) is 0 Å². The molecule has 0 saturated carbocycles. The number of carbonyl (C=O) groups is 3. The lowest BCUT2D eigenvalue weighted by atomic mass is 9.82. The van der Waals surface area contributed by atoms with Crippen LogP contribution in [-0.4, -0.2) is 52.4 Å². The van der Waals surface area contributed by atoms with Gasteiger partial charge in [-0.2, -0.15) is 5.10 Å². The van der Waals surface area contributed by atoms with Crippen molar-refractivity contribution in [3.05, 3.63) is 57.9 Å². The van der Waals surface area contributed by atoms with E-state index in [-0.39, 0.29) is 38.5 Å². The van der Waals surface area contributed by atoms with Crippen molar-refractivity contribution in [3.8, 4) is 0 Å². The highest BCUT2D eigenvalue weighted by atomic mass is 16.6. The molecule has 0 atom stereocenters. The van der Waals surface area contributed by atoms with Gasteiger partial charge in [0, 0.05) is 24.8 Å². The molecule has 1 heterocycles. The molecule has 2 rings (SSSR count). The summed E-state index contributed by atoms with van der Waals surface area (Å²) in [5, 5.41) is 15.1. The summed E-state index contributed by atoms with van der Waals surface area (Å²) in [6, 6.07) is 6.06. The molecule has 0 aliphatic carbocycles.